The summed E-state index contributed by atoms with van der Waals surface area (Å²) in [6, 6.07) is 1.70. The van der Waals surface area contributed by atoms with Crippen LogP contribution in [-0.4, -0.2) is 53.1 Å². The number of halogens is 1. The molecule has 0 spiro atoms. The minimum Gasteiger partial charge on any atom is -0.480 e. The van der Waals surface area contributed by atoms with Gasteiger partial charge in [-0.15, -0.1) is 11.3 Å². The fourth-order valence-corrected chi connectivity index (χ4v) is 3.62. The maximum Gasteiger partial charge on any atom is 0.320 e. The third-order valence-electron chi connectivity index (χ3n) is 3.37. The van der Waals surface area contributed by atoms with Crippen LogP contribution >= 0.6 is 27.3 Å². The molecule has 1 aliphatic rings. The van der Waals surface area contributed by atoms with Gasteiger partial charge in [0, 0.05) is 42.1 Å². The highest BCUT2D eigenvalue weighted by molar-refractivity contribution is 9.10. The highest BCUT2D eigenvalue weighted by atomic mass is 79.9. The number of nitrogens with zero attached hydrogens (tertiary/aromatic N) is 2. The molecule has 4 nitrogen and oxygen atoms in total. The Morgan fingerprint density at radius 2 is 2.17 bits per heavy atom. The molecule has 0 aliphatic carbocycles. The zero-order valence-electron chi connectivity index (χ0n) is 10.3. The van der Waals surface area contributed by atoms with Crippen molar-refractivity contribution >= 4 is 33.2 Å². The highest BCUT2D eigenvalue weighted by Crippen LogP contribution is 2.24. The van der Waals surface area contributed by atoms with Crippen molar-refractivity contribution in [3.8, 4) is 0 Å². The van der Waals surface area contributed by atoms with Crippen LogP contribution < -0.4 is 0 Å². The molecule has 18 heavy (non-hydrogen) atoms. The maximum absolute atomic E-state index is 10.9. The third-order valence-corrected chi connectivity index (χ3v) is 5.28. The van der Waals surface area contributed by atoms with Gasteiger partial charge >= 0.3 is 5.97 Å². The molecule has 1 atom stereocenters. The minimum absolute atomic E-state index is 0.374. The van der Waals surface area contributed by atoms with Crippen molar-refractivity contribution in [3.05, 3.63) is 20.8 Å². The second-order valence-corrected chi connectivity index (χ2v) is 6.37. The summed E-state index contributed by atoms with van der Waals surface area (Å²) in [7, 11) is 0. The number of hydrogen-bond acceptors (Lipinski definition) is 4. The normalized spacial score (nSPS) is 19.9. The monoisotopic (exact) mass is 332 g/mol. The van der Waals surface area contributed by atoms with Gasteiger partial charge in [-0.1, -0.05) is 0 Å². The summed E-state index contributed by atoms with van der Waals surface area (Å²) in [6.45, 7) is 6.23. The molecule has 1 aromatic rings. The van der Waals surface area contributed by atoms with Gasteiger partial charge in [-0.25, -0.2) is 0 Å². The van der Waals surface area contributed by atoms with E-state index >= 15 is 0 Å². The SMILES string of the molecule is CC(C(=O)O)N1CCN(Cc2sccc2Br)CC1. The van der Waals surface area contributed by atoms with Crippen LogP contribution in [0.2, 0.25) is 0 Å². The molecule has 100 valence electrons. The van der Waals surface area contributed by atoms with E-state index in [1.807, 2.05) is 4.90 Å². The van der Waals surface area contributed by atoms with Gasteiger partial charge < -0.3 is 5.11 Å². The minimum atomic E-state index is -0.732. The molecule has 1 unspecified atom stereocenters. The topological polar surface area (TPSA) is 43.8 Å². The Kier molecular flexibility index (Phi) is 4.77. The predicted molar refractivity (Wildman–Crippen MR) is 76.0 cm³/mol. The average Bonchev–Trinajstić information content (AvgIpc) is 2.75. The smallest absolute Gasteiger partial charge is 0.320 e. The Hall–Kier alpha value is -0.430. The second kappa shape index (κ2) is 6.14. The molecular formula is C12H17BrN2O2S. The zero-order chi connectivity index (χ0) is 13.1. The Labute approximate surface area is 119 Å². The first-order valence-corrected chi connectivity index (χ1v) is 7.66. The molecule has 0 amide bonds. The summed E-state index contributed by atoms with van der Waals surface area (Å²) in [6.07, 6.45) is 0. The highest BCUT2D eigenvalue weighted by Gasteiger charge is 2.25. The summed E-state index contributed by atoms with van der Waals surface area (Å²) >= 11 is 5.30. The summed E-state index contributed by atoms with van der Waals surface area (Å²) in [4.78, 5) is 16.7. The van der Waals surface area contributed by atoms with Gasteiger partial charge in [0.05, 0.1) is 0 Å². The number of aliphatic carboxylic acids is 1. The van der Waals surface area contributed by atoms with Crippen LogP contribution in [0.15, 0.2) is 15.9 Å². The molecule has 0 saturated carbocycles. The van der Waals surface area contributed by atoms with Crippen LogP contribution in [0.3, 0.4) is 0 Å². The number of piperazine rings is 1. The van der Waals surface area contributed by atoms with E-state index in [1.54, 1.807) is 18.3 Å². The molecule has 1 saturated heterocycles. The molecular weight excluding hydrogens is 316 g/mol. The Morgan fingerprint density at radius 3 is 2.67 bits per heavy atom. The van der Waals surface area contributed by atoms with Gasteiger partial charge in [-0.3, -0.25) is 14.6 Å². The largest absolute Gasteiger partial charge is 0.480 e. The van der Waals surface area contributed by atoms with E-state index in [-0.39, 0.29) is 6.04 Å². The number of hydrogen-bond donors (Lipinski definition) is 1. The van der Waals surface area contributed by atoms with E-state index < -0.39 is 5.97 Å². The van der Waals surface area contributed by atoms with Crippen LogP contribution in [0.5, 0.6) is 0 Å². The standard InChI is InChI=1S/C12H17BrN2O2S/c1-9(12(16)17)15-5-3-14(4-6-15)8-11-10(13)2-7-18-11/h2,7,9H,3-6,8H2,1H3,(H,16,17). The first-order chi connectivity index (χ1) is 8.58. The van der Waals surface area contributed by atoms with Crippen LogP contribution in [0.25, 0.3) is 0 Å². The molecule has 6 heteroatoms. The Morgan fingerprint density at radius 1 is 1.50 bits per heavy atom. The summed E-state index contributed by atoms with van der Waals surface area (Å²) < 4.78 is 1.17. The number of carboxylic acid groups (broad SMARTS) is 1. The first kappa shape index (κ1) is 14.0. The molecule has 1 fully saturated rings. The summed E-state index contributed by atoms with van der Waals surface area (Å²) in [5.74, 6) is -0.732. The Balaban J connectivity index is 1.84. The van der Waals surface area contributed by atoms with Gasteiger partial charge in [-0.2, -0.15) is 0 Å². The van der Waals surface area contributed by atoms with Crippen molar-refractivity contribution in [2.45, 2.75) is 19.5 Å². The van der Waals surface area contributed by atoms with E-state index in [0.717, 1.165) is 32.7 Å². The first-order valence-electron chi connectivity index (χ1n) is 5.99. The third kappa shape index (κ3) is 3.32. The maximum atomic E-state index is 10.9. The molecule has 2 rings (SSSR count). The second-order valence-electron chi connectivity index (χ2n) is 4.52. The molecule has 1 aromatic heterocycles. The molecule has 2 heterocycles. The number of rotatable bonds is 4. The zero-order valence-corrected chi connectivity index (χ0v) is 12.7. The van der Waals surface area contributed by atoms with Crippen molar-refractivity contribution in [1.29, 1.82) is 0 Å². The average molecular weight is 333 g/mol. The number of thiophene rings is 1. The number of carboxylic acids is 1. The molecule has 0 aromatic carbocycles. The van der Waals surface area contributed by atoms with E-state index in [2.05, 4.69) is 32.3 Å². The van der Waals surface area contributed by atoms with Gasteiger partial charge in [0.2, 0.25) is 0 Å². The van der Waals surface area contributed by atoms with Crippen molar-refractivity contribution in [3.63, 3.8) is 0 Å². The summed E-state index contributed by atoms with van der Waals surface area (Å²) in [5, 5.41) is 11.1. The van der Waals surface area contributed by atoms with Crippen molar-refractivity contribution in [1.82, 2.24) is 9.80 Å². The Bertz CT molecular complexity index is 416. The van der Waals surface area contributed by atoms with Crippen molar-refractivity contribution in [2.24, 2.45) is 0 Å². The van der Waals surface area contributed by atoms with Crippen LogP contribution in [-0.2, 0) is 11.3 Å². The molecule has 1 N–H and O–H groups in total. The van der Waals surface area contributed by atoms with E-state index in [0.29, 0.717) is 0 Å². The van der Waals surface area contributed by atoms with Crippen LogP contribution in [0.4, 0.5) is 0 Å². The van der Waals surface area contributed by atoms with E-state index in [9.17, 15) is 4.79 Å². The van der Waals surface area contributed by atoms with Crippen LogP contribution in [0, 0.1) is 0 Å². The quantitative estimate of drug-likeness (QED) is 0.917. The van der Waals surface area contributed by atoms with Gasteiger partial charge in [0.1, 0.15) is 6.04 Å². The lowest BCUT2D eigenvalue weighted by Gasteiger charge is -2.36. The molecule has 0 radical (unpaired) electrons. The lowest BCUT2D eigenvalue weighted by atomic mass is 10.2. The van der Waals surface area contributed by atoms with Crippen molar-refractivity contribution < 1.29 is 9.90 Å². The molecule has 0 bridgehead atoms. The fraction of sp³-hybridized carbons (Fsp3) is 0.583. The lowest BCUT2D eigenvalue weighted by molar-refractivity contribution is -0.143. The van der Waals surface area contributed by atoms with Gasteiger partial charge in [0.25, 0.3) is 0 Å². The number of carbonyl (C=O) groups is 1. The van der Waals surface area contributed by atoms with Crippen LogP contribution in [0.1, 0.15) is 11.8 Å². The molecule has 1 aliphatic heterocycles. The van der Waals surface area contributed by atoms with Gasteiger partial charge in [0.15, 0.2) is 0 Å². The van der Waals surface area contributed by atoms with Gasteiger partial charge in [-0.05, 0) is 34.3 Å². The van der Waals surface area contributed by atoms with E-state index in [1.165, 1.54) is 9.35 Å². The predicted octanol–water partition coefficient (Wildman–Crippen LogP) is 2.10. The fourth-order valence-electron chi connectivity index (χ4n) is 2.11. The summed E-state index contributed by atoms with van der Waals surface area (Å²) in [5.41, 5.74) is 0. The van der Waals surface area contributed by atoms with Crippen molar-refractivity contribution in [2.75, 3.05) is 26.2 Å². The van der Waals surface area contributed by atoms with E-state index in [4.69, 9.17) is 5.11 Å². The lowest BCUT2D eigenvalue weighted by Crippen LogP contribution is -2.51.